The minimum absolute atomic E-state index is 1.09. The smallest absolute Gasteiger partial charge is 0.108 e. The highest BCUT2D eigenvalue weighted by molar-refractivity contribution is 5.15. The summed E-state index contributed by atoms with van der Waals surface area (Å²) in [5.74, 6) is 1.30. The van der Waals surface area contributed by atoms with Gasteiger partial charge in [0.15, 0.2) is 0 Å². The zero-order chi connectivity index (χ0) is 18.5. The molecule has 1 aromatic heterocycles. The van der Waals surface area contributed by atoms with E-state index in [1.807, 2.05) is 0 Å². The van der Waals surface area contributed by atoms with Gasteiger partial charge in [0.1, 0.15) is 5.82 Å². The number of aromatic nitrogens is 2. The van der Waals surface area contributed by atoms with Crippen molar-refractivity contribution < 1.29 is 0 Å². The van der Waals surface area contributed by atoms with Crippen molar-refractivity contribution in [3.63, 3.8) is 0 Å². The van der Waals surface area contributed by atoms with Crippen molar-refractivity contribution in [1.82, 2.24) is 9.55 Å². The molecule has 0 saturated heterocycles. The second-order valence-corrected chi connectivity index (χ2v) is 7.55. The summed E-state index contributed by atoms with van der Waals surface area (Å²) < 4.78 is 2.44. The van der Waals surface area contributed by atoms with Crippen LogP contribution >= 0.6 is 0 Å². The predicted molar refractivity (Wildman–Crippen MR) is 113 cm³/mol. The maximum Gasteiger partial charge on any atom is 0.108 e. The zero-order valence-corrected chi connectivity index (χ0v) is 17.1. The maximum absolute atomic E-state index is 4.93. The first-order valence-electron chi connectivity index (χ1n) is 10.9. The summed E-state index contributed by atoms with van der Waals surface area (Å²) in [5, 5.41) is 0. The molecule has 0 unspecified atom stereocenters. The van der Waals surface area contributed by atoms with Gasteiger partial charge in [0, 0.05) is 19.2 Å². The molecular weight excluding hydrogens is 316 g/mol. The number of rotatable bonds is 14. The normalized spacial score (nSPS) is 11.2. The zero-order valence-electron chi connectivity index (χ0n) is 17.1. The molecule has 0 spiro atoms. The highest BCUT2D eigenvalue weighted by Crippen LogP contribution is 2.13. The predicted octanol–water partition coefficient (Wildman–Crippen LogP) is 6.76. The summed E-state index contributed by atoms with van der Waals surface area (Å²) >= 11 is 0. The number of aryl methyl sites for hydroxylation is 4. The molecule has 1 heterocycles. The molecule has 1 aromatic carbocycles. The average molecular weight is 355 g/mol. The van der Waals surface area contributed by atoms with E-state index in [9.17, 15) is 0 Å². The first-order valence-corrected chi connectivity index (χ1v) is 10.9. The molecule has 0 bridgehead atoms. The van der Waals surface area contributed by atoms with Gasteiger partial charge in [-0.05, 0) is 37.7 Å². The molecule has 0 amide bonds. The lowest BCUT2D eigenvalue weighted by molar-refractivity contribution is 0.538. The molecule has 2 rings (SSSR count). The SMILES string of the molecule is CCCCCCCCCn1cc(CCCc2ccccc2)nc1CCC. The Balaban J connectivity index is 1.75. The molecule has 0 aliphatic rings. The van der Waals surface area contributed by atoms with E-state index in [1.54, 1.807) is 0 Å². The molecule has 0 aliphatic carbocycles. The molecule has 0 fully saturated rings. The van der Waals surface area contributed by atoms with Crippen LogP contribution in [0.4, 0.5) is 0 Å². The fourth-order valence-corrected chi connectivity index (χ4v) is 3.61. The Kier molecular flexibility index (Phi) is 10.2. The molecule has 144 valence electrons. The molecule has 0 saturated carbocycles. The van der Waals surface area contributed by atoms with E-state index in [4.69, 9.17) is 4.98 Å². The second kappa shape index (κ2) is 12.7. The Hall–Kier alpha value is -1.57. The Labute approximate surface area is 161 Å². The van der Waals surface area contributed by atoms with E-state index in [1.165, 1.54) is 74.9 Å². The quantitative estimate of drug-likeness (QED) is 0.343. The van der Waals surface area contributed by atoms with Gasteiger partial charge >= 0.3 is 0 Å². The summed E-state index contributed by atoms with van der Waals surface area (Å²) in [6.07, 6.45) is 17.6. The Morgan fingerprint density at radius 3 is 2.19 bits per heavy atom. The molecule has 2 heteroatoms. The van der Waals surface area contributed by atoms with Gasteiger partial charge in [0.25, 0.3) is 0 Å². The summed E-state index contributed by atoms with van der Waals surface area (Å²) in [7, 11) is 0. The van der Waals surface area contributed by atoms with Crippen LogP contribution in [0.15, 0.2) is 36.5 Å². The molecule has 0 N–H and O–H groups in total. The highest BCUT2D eigenvalue weighted by Gasteiger charge is 2.07. The van der Waals surface area contributed by atoms with E-state index in [-0.39, 0.29) is 0 Å². The topological polar surface area (TPSA) is 17.8 Å². The third-order valence-electron chi connectivity index (χ3n) is 5.13. The first-order chi connectivity index (χ1) is 12.8. The minimum atomic E-state index is 1.09. The average Bonchev–Trinajstić information content (AvgIpc) is 3.04. The number of unbranched alkanes of at least 4 members (excludes halogenated alkanes) is 6. The van der Waals surface area contributed by atoms with Crippen LogP contribution in [0, 0.1) is 0 Å². The Bertz CT molecular complexity index is 586. The fourth-order valence-electron chi connectivity index (χ4n) is 3.61. The molecule has 2 nitrogen and oxygen atoms in total. The van der Waals surface area contributed by atoms with Crippen LogP contribution < -0.4 is 0 Å². The van der Waals surface area contributed by atoms with Crippen molar-refractivity contribution in [1.29, 1.82) is 0 Å². The monoisotopic (exact) mass is 354 g/mol. The van der Waals surface area contributed by atoms with Gasteiger partial charge in [-0.2, -0.15) is 0 Å². The van der Waals surface area contributed by atoms with Crippen LogP contribution in [0.1, 0.15) is 88.7 Å². The van der Waals surface area contributed by atoms with Crippen LogP contribution in [-0.2, 0) is 25.8 Å². The molecular formula is C24H38N2. The van der Waals surface area contributed by atoms with Crippen LogP contribution in [0.3, 0.4) is 0 Å². The second-order valence-electron chi connectivity index (χ2n) is 7.55. The molecule has 26 heavy (non-hydrogen) atoms. The first kappa shape index (κ1) is 20.7. The summed E-state index contributed by atoms with van der Waals surface area (Å²) in [5.41, 5.74) is 2.72. The third-order valence-corrected chi connectivity index (χ3v) is 5.13. The maximum atomic E-state index is 4.93. The van der Waals surface area contributed by atoms with Gasteiger partial charge in [-0.1, -0.05) is 82.7 Å². The largest absolute Gasteiger partial charge is 0.335 e. The van der Waals surface area contributed by atoms with Gasteiger partial charge in [-0.25, -0.2) is 4.98 Å². The molecule has 2 aromatic rings. The van der Waals surface area contributed by atoms with Gasteiger partial charge in [-0.15, -0.1) is 0 Å². The summed E-state index contributed by atoms with van der Waals surface area (Å²) in [6.45, 7) is 5.68. The molecule has 0 aliphatic heterocycles. The van der Waals surface area contributed by atoms with Crippen molar-refractivity contribution >= 4 is 0 Å². The van der Waals surface area contributed by atoms with E-state index in [2.05, 4.69) is 54.9 Å². The van der Waals surface area contributed by atoms with Gasteiger partial charge < -0.3 is 4.57 Å². The van der Waals surface area contributed by atoms with Crippen molar-refractivity contribution in [2.75, 3.05) is 0 Å². The van der Waals surface area contributed by atoms with Gasteiger partial charge in [-0.3, -0.25) is 0 Å². The number of hydrogen-bond donors (Lipinski definition) is 0. The van der Waals surface area contributed by atoms with E-state index >= 15 is 0 Å². The van der Waals surface area contributed by atoms with Crippen LogP contribution in [0.2, 0.25) is 0 Å². The number of nitrogens with zero attached hydrogens (tertiary/aromatic N) is 2. The summed E-state index contributed by atoms with van der Waals surface area (Å²) in [6, 6.07) is 10.8. The summed E-state index contributed by atoms with van der Waals surface area (Å²) in [4.78, 5) is 4.93. The Morgan fingerprint density at radius 1 is 0.731 bits per heavy atom. The van der Waals surface area contributed by atoms with Gasteiger partial charge in [0.2, 0.25) is 0 Å². The highest BCUT2D eigenvalue weighted by atomic mass is 15.1. The van der Waals surface area contributed by atoms with Crippen molar-refractivity contribution in [2.24, 2.45) is 0 Å². The van der Waals surface area contributed by atoms with E-state index in [0.717, 1.165) is 25.8 Å². The van der Waals surface area contributed by atoms with Crippen molar-refractivity contribution in [3.05, 3.63) is 53.6 Å². The number of benzene rings is 1. The third kappa shape index (κ3) is 7.76. The molecule has 0 radical (unpaired) electrons. The number of hydrogen-bond acceptors (Lipinski definition) is 1. The lowest BCUT2D eigenvalue weighted by atomic mass is 10.1. The van der Waals surface area contributed by atoms with Crippen molar-refractivity contribution in [3.8, 4) is 0 Å². The number of imidazole rings is 1. The lowest BCUT2D eigenvalue weighted by Crippen LogP contribution is -2.03. The molecule has 0 atom stereocenters. The standard InChI is InChI=1S/C24H38N2/c1-3-5-6-7-8-9-13-20-26-21-23(25-24(26)15-4-2)19-14-18-22-16-11-10-12-17-22/h10-12,16-17,21H,3-9,13-15,18-20H2,1-2H3. The van der Waals surface area contributed by atoms with Gasteiger partial charge in [0.05, 0.1) is 5.69 Å². The van der Waals surface area contributed by atoms with Crippen LogP contribution in [0.25, 0.3) is 0 Å². The fraction of sp³-hybridized carbons (Fsp3) is 0.625. The van der Waals surface area contributed by atoms with Crippen molar-refractivity contribution in [2.45, 2.75) is 97.4 Å². The van der Waals surface area contributed by atoms with Crippen LogP contribution in [-0.4, -0.2) is 9.55 Å². The Morgan fingerprint density at radius 2 is 1.46 bits per heavy atom. The minimum Gasteiger partial charge on any atom is -0.335 e. The van der Waals surface area contributed by atoms with E-state index < -0.39 is 0 Å². The van der Waals surface area contributed by atoms with Crippen LogP contribution in [0.5, 0.6) is 0 Å². The van der Waals surface area contributed by atoms with E-state index in [0.29, 0.717) is 0 Å². The lowest BCUT2D eigenvalue weighted by Gasteiger charge is -2.07.